The van der Waals surface area contributed by atoms with Crippen molar-refractivity contribution in [1.29, 1.82) is 0 Å². The van der Waals surface area contributed by atoms with Crippen LogP contribution < -0.4 is 26.6 Å². The molecular formula is C51H46N14O9S6. The number of aliphatic hydroxyl groups excluding tert-OH is 1. The number of aromatic carboxylic acids is 1. The number of aliphatic hydroxyl groups is 1. The summed E-state index contributed by atoms with van der Waals surface area (Å²) < 4.78 is 6.93. The standard InChI is InChI=1S/C51H46N14O9S6/c1-22(2)36-50-64-39(32(80-50)16-74-5)43(70)53-14-35(67)61-40(41(68)24-9-7-6-8-10-24)49-59-31(19-77-49)47-57-29(17-76-47)38-25(11-12-26(55-38)46-60-33(20-78-46)65-15-28(51(72)73)54-21-65)45-58-30(18-75-45)42(69)56-27(13-34(66)52-4)48-63-37(23(3)79-48)44(71)62-36/h6-12,15,17-22,27,36,40-41,68H,13-14,16H2,1-5H3,(H,52,66)(H,53,70)(H,56,69)(H,61,67)(H,62,71)(H,72,73)/t27-,36?,40-,41-/m0/s1. The molecule has 0 radical (unpaired) electrons. The number of ether oxygens (including phenoxy) is 1. The minimum atomic E-state index is -1.27. The Balaban J connectivity index is 1.06. The van der Waals surface area contributed by atoms with Gasteiger partial charge in [-0.3, -0.25) is 28.5 Å². The number of rotatable bonds is 10. The minimum Gasteiger partial charge on any atom is -0.476 e. The van der Waals surface area contributed by atoms with Crippen LogP contribution in [0.1, 0.15) is 117 Å². The average molecular weight is 1190 g/mol. The number of aryl methyl sites for hydroxylation is 1. The first-order valence-electron chi connectivity index (χ1n) is 24.3. The Morgan fingerprint density at radius 3 is 2.21 bits per heavy atom. The molecule has 23 nitrogen and oxygen atoms in total. The Morgan fingerprint density at radius 2 is 1.46 bits per heavy atom. The maximum absolute atomic E-state index is 14.3. The summed E-state index contributed by atoms with van der Waals surface area (Å²) in [7, 11) is 2.94. The molecule has 10 bridgehead atoms. The molecule has 80 heavy (non-hydrogen) atoms. The Kier molecular flexibility index (Phi) is 16.5. The number of imidazole rings is 1. The van der Waals surface area contributed by atoms with Crippen LogP contribution in [0.15, 0.2) is 76.5 Å². The van der Waals surface area contributed by atoms with Gasteiger partial charge in [0, 0.05) is 52.3 Å². The van der Waals surface area contributed by atoms with Crippen LogP contribution in [0.4, 0.5) is 0 Å². The maximum Gasteiger partial charge on any atom is 0.356 e. The Bertz CT molecular complexity index is 3800. The summed E-state index contributed by atoms with van der Waals surface area (Å²) in [6.07, 6.45) is 1.22. The Labute approximate surface area is 478 Å². The van der Waals surface area contributed by atoms with E-state index in [9.17, 15) is 39.0 Å². The van der Waals surface area contributed by atoms with Crippen LogP contribution in [0, 0.1) is 12.8 Å². The van der Waals surface area contributed by atoms with E-state index in [1.54, 1.807) is 70.9 Å². The van der Waals surface area contributed by atoms with Gasteiger partial charge in [0.15, 0.2) is 5.69 Å². The van der Waals surface area contributed by atoms with E-state index in [1.807, 2.05) is 13.8 Å². The summed E-state index contributed by atoms with van der Waals surface area (Å²) in [5, 5.41) is 44.7. The fourth-order valence-corrected chi connectivity index (χ4v) is 13.8. The predicted molar refractivity (Wildman–Crippen MR) is 301 cm³/mol. The van der Waals surface area contributed by atoms with Gasteiger partial charge in [0.2, 0.25) is 11.8 Å². The molecule has 5 amide bonds. The zero-order valence-corrected chi connectivity index (χ0v) is 47.6. The molecule has 29 heteroatoms. The first-order chi connectivity index (χ1) is 38.5. The highest BCUT2D eigenvalue weighted by molar-refractivity contribution is 7.15. The molecule has 0 saturated heterocycles. The first-order valence-corrected chi connectivity index (χ1v) is 29.4. The van der Waals surface area contributed by atoms with Gasteiger partial charge in [-0.2, -0.15) is 0 Å². The highest BCUT2D eigenvalue weighted by atomic mass is 32.1. The monoisotopic (exact) mass is 1190 g/mol. The lowest BCUT2D eigenvalue weighted by atomic mass is 10.0. The number of carboxylic acid groups (broad SMARTS) is 1. The maximum atomic E-state index is 14.3. The third kappa shape index (κ3) is 11.8. The molecule has 7 N–H and O–H groups in total. The molecule has 1 aliphatic heterocycles. The van der Waals surface area contributed by atoms with E-state index in [1.165, 1.54) is 87.9 Å². The third-order valence-corrected chi connectivity index (χ3v) is 18.0. The van der Waals surface area contributed by atoms with Gasteiger partial charge in [-0.1, -0.05) is 44.2 Å². The van der Waals surface area contributed by atoms with Crippen LogP contribution in [0.25, 0.3) is 49.2 Å². The van der Waals surface area contributed by atoms with Crippen LogP contribution in [-0.2, 0) is 20.9 Å². The van der Waals surface area contributed by atoms with Crippen molar-refractivity contribution in [3.8, 4) is 49.2 Å². The number of thiazole rings is 6. The Morgan fingerprint density at radius 1 is 0.738 bits per heavy atom. The van der Waals surface area contributed by atoms with Crippen molar-refractivity contribution in [2.45, 2.75) is 58.0 Å². The van der Waals surface area contributed by atoms with Crippen molar-refractivity contribution in [2.75, 3.05) is 20.7 Å². The largest absolute Gasteiger partial charge is 0.476 e. The number of aromatic nitrogens is 9. The van der Waals surface area contributed by atoms with Gasteiger partial charge in [0.25, 0.3) is 17.7 Å². The lowest BCUT2D eigenvalue weighted by molar-refractivity contribution is -0.122. The van der Waals surface area contributed by atoms with Crippen LogP contribution in [0.3, 0.4) is 0 Å². The number of hydrogen-bond acceptors (Lipinski definition) is 22. The highest BCUT2D eigenvalue weighted by Crippen LogP contribution is 2.40. The number of nitrogens with one attached hydrogen (secondary N) is 5. The number of pyridine rings is 1. The van der Waals surface area contributed by atoms with E-state index in [4.69, 9.17) is 29.7 Å². The van der Waals surface area contributed by atoms with Crippen LogP contribution in [0.2, 0.25) is 0 Å². The summed E-state index contributed by atoms with van der Waals surface area (Å²) in [6.45, 7) is 4.96. The van der Waals surface area contributed by atoms with E-state index in [-0.39, 0.29) is 41.7 Å². The molecule has 0 spiro atoms. The summed E-state index contributed by atoms with van der Waals surface area (Å²) in [5.41, 5.74) is 2.60. The number of methoxy groups -OCH3 is 1. The number of fused-ring (bicyclic) bond motifs is 14. The van der Waals surface area contributed by atoms with Gasteiger partial charge < -0.3 is 41.5 Å². The normalized spacial score (nSPS) is 16.6. The van der Waals surface area contributed by atoms with Crippen molar-refractivity contribution in [2.24, 2.45) is 5.92 Å². The number of carboxylic acids is 1. The lowest BCUT2D eigenvalue weighted by Gasteiger charge is -2.23. The molecule has 1 aromatic carbocycles. The summed E-state index contributed by atoms with van der Waals surface area (Å²) in [6, 6.07) is 9.51. The van der Waals surface area contributed by atoms with Crippen LogP contribution >= 0.6 is 68.0 Å². The molecule has 10 rings (SSSR count). The lowest BCUT2D eigenvalue weighted by Crippen LogP contribution is -2.40. The number of hydrogen-bond donors (Lipinski definition) is 7. The zero-order valence-electron chi connectivity index (χ0n) is 42.7. The van der Waals surface area contributed by atoms with Crippen molar-refractivity contribution < 1.29 is 43.7 Å². The zero-order chi connectivity index (χ0) is 56.4. The van der Waals surface area contributed by atoms with Crippen molar-refractivity contribution in [1.82, 2.24) is 71.0 Å². The highest BCUT2D eigenvalue weighted by Gasteiger charge is 2.33. The fraction of sp³-hybridized carbons (Fsp3) is 0.255. The molecule has 0 aliphatic carbocycles. The average Bonchev–Trinajstić information content (AvgIpc) is 4.34. The van der Waals surface area contributed by atoms with Gasteiger partial charge in [-0.25, -0.2) is 44.7 Å². The third-order valence-electron chi connectivity index (χ3n) is 12.3. The van der Waals surface area contributed by atoms with E-state index in [0.717, 1.165) is 11.3 Å². The molecular weight excluding hydrogens is 1150 g/mol. The van der Waals surface area contributed by atoms with Gasteiger partial charge in [0.1, 0.15) is 88.5 Å². The number of benzene rings is 1. The summed E-state index contributed by atoms with van der Waals surface area (Å²) in [5.74, 6) is -3.89. The SMILES string of the molecule is CNC(=O)C[C@@H]1NC(=O)c2csc(n2)-c2ccc(-c3nc(-n4cnc(C(=O)O)c4)cs3)nc2-c2csc(n2)-c2csc(n2)[C@H]([C@@H](O)c2ccccc2)NC(=O)CNC(=O)c2nc(sc2COC)C(C(C)C)NC(=O)c2nc1sc2C. The van der Waals surface area contributed by atoms with Gasteiger partial charge in [-0.05, 0) is 30.5 Å². The van der Waals surface area contributed by atoms with E-state index < -0.39 is 66.3 Å². The first kappa shape index (κ1) is 55.4. The van der Waals surface area contributed by atoms with E-state index in [2.05, 4.69) is 41.5 Å². The van der Waals surface area contributed by atoms with E-state index >= 15 is 0 Å². The van der Waals surface area contributed by atoms with Gasteiger partial charge >= 0.3 is 5.97 Å². The van der Waals surface area contributed by atoms with Crippen molar-refractivity contribution in [3.63, 3.8) is 0 Å². The fourth-order valence-electron chi connectivity index (χ4n) is 8.25. The molecule has 9 heterocycles. The van der Waals surface area contributed by atoms with Crippen LogP contribution in [-0.4, -0.2) is 111 Å². The number of carbonyl (C=O) groups is 6. The second-order valence-corrected chi connectivity index (χ2v) is 23.9. The molecule has 8 aromatic heterocycles. The van der Waals surface area contributed by atoms with Gasteiger partial charge in [0.05, 0.1) is 42.2 Å². The summed E-state index contributed by atoms with van der Waals surface area (Å²) >= 11 is 7.21. The van der Waals surface area contributed by atoms with Crippen molar-refractivity contribution in [3.05, 3.63) is 130 Å². The molecule has 9 aromatic rings. The molecule has 1 aliphatic rings. The molecule has 1 unspecified atom stereocenters. The minimum absolute atomic E-state index is 0.00139. The van der Waals surface area contributed by atoms with Gasteiger partial charge in [-0.15, -0.1) is 68.0 Å². The number of carbonyl (C=O) groups excluding carboxylic acids is 5. The topological polar surface area (TPSA) is 320 Å². The molecule has 0 fully saturated rings. The Hall–Kier alpha value is -7.90. The van der Waals surface area contributed by atoms with Crippen LogP contribution in [0.5, 0.6) is 0 Å². The predicted octanol–water partition coefficient (Wildman–Crippen LogP) is 7.20. The number of nitrogens with zero attached hydrogens (tertiary/aromatic N) is 9. The molecule has 0 saturated carbocycles. The molecule has 4 atom stereocenters. The number of amides is 5. The van der Waals surface area contributed by atoms with Crippen molar-refractivity contribution >= 4 is 104 Å². The summed E-state index contributed by atoms with van der Waals surface area (Å²) in [4.78, 5) is 120. The second kappa shape index (κ2) is 23.8. The van der Waals surface area contributed by atoms with E-state index in [0.29, 0.717) is 79.5 Å². The smallest absolute Gasteiger partial charge is 0.356 e. The quantitative estimate of drug-likeness (QED) is 0.0712. The second-order valence-electron chi connectivity index (χ2n) is 18.1. The molecule has 410 valence electrons.